The summed E-state index contributed by atoms with van der Waals surface area (Å²) in [4.78, 5) is 14.7. The Bertz CT molecular complexity index is 922. The van der Waals surface area contributed by atoms with Gasteiger partial charge >= 0.3 is 0 Å². The van der Waals surface area contributed by atoms with E-state index in [4.69, 9.17) is 5.73 Å². The van der Waals surface area contributed by atoms with Crippen molar-refractivity contribution < 1.29 is 13.2 Å². The van der Waals surface area contributed by atoms with E-state index < -0.39 is 9.84 Å². The van der Waals surface area contributed by atoms with Crippen LogP contribution >= 0.6 is 24.8 Å². The van der Waals surface area contributed by atoms with Gasteiger partial charge in [0.1, 0.15) is 0 Å². The van der Waals surface area contributed by atoms with Gasteiger partial charge in [-0.25, -0.2) is 8.42 Å². The maximum absolute atomic E-state index is 12.6. The minimum absolute atomic E-state index is 0. The first kappa shape index (κ1) is 24.2. The number of nitrogens with one attached hydrogen (secondary N) is 1. The number of anilines is 2. The van der Waals surface area contributed by atoms with E-state index in [-0.39, 0.29) is 42.2 Å². The van der Waals surface area contributed by atoms with Crippen LogP contribution in [0.1, 0.15) is 21.5 Å². The number of hydrogen-bond acceptors (Lipinski definition) is 5. The van der Waals surface area contributed by atoms with Crippen LogP contribution in [-0.2, 0) is 16.4 Å². The molecule has 154 valence electrons. The number of rotatable bonds is 4. The van der Waals surface area contributed by atoms with Crippen LogP contribution in [0.5, 0.6) is 0 Å². The Hall–Kier alpha value is -1.80. The molecular formula is C19H25Cl2N3O3S. The third kappa shape index (κ3) is 6.38. The van der Waals surface area contributed by atoms with Crippen molar-refractivity contribution in [2.75, 3.05) is 35.6 Å². The van der Waals surface area contributed by atoms with Crippen LogP contribution in [0.25, 0.3) is 0 Å². The molecule has 6 nitrogen and oxygen atoms in total. The normalized spacial score (nSPS) is 15.8. The first-order valence-corrected chi connectivity index (χ1v) is 10.3. The number of carbonyl (C=O) groups excluding carboxylic acids is 1. The van der Waals surface area contributed by atoms with E-state index in [1.165, 1.54) is 0 Å². The Morgan fingerprint density at radius 2 is 1.79 bits per heavy atom. The molecule has 1 fully saturated rings. The van der Waals surface area contributed by atoms with Gasteiger partial charge in [0.25, 0.3) is 5.91 Å². The van der Waals surface area contributed by atoms with Crippen LogP contribution in [0.2, 0.25) is 0 Å². The zero-order valence-electron chi connectivity index (χ0n) is 15.6. The standard InChI is InChI=1S/C19H23N3O3S.2ClH/c1-14-5-6-17(20)12-18(14)21-19(23)16-4-2-3-15(11-16)13-22-7-9-26(24,25)10-8-22;;/h2-6,11-12H,7-10,13,20H2,1H3,(H,21,23);2*1H. The summed E-state index contributed by atoms with van der Waals surface area (Å²) in [6, 6.07) is 12.8. The van der Waals surface area contributed by atoms with E-state index in [0.29, 0.717) is 36.6 Å². The highest BCUT2D eigenvalue weighted by atomic mass is 35.5. The molecule has 0 saturated carbocycles. The number of nitrogen functional groups attached to an aromatic ring is 1. The van der Waals surface area contributed by atoms with Crippen molar-refractivity contribution in [2.45, 2.75) is 13.5 Å². The van der Waals surface area contributed by atoms with E-state index >= 15 is 0 Å². The average molecular weight is 446 g/mol. The van der Waals surface area contributed by atoms with E-state index in [1.54, 1.807) is 18.2 Å². The second-order valence-electron chi connectivity index (χ2n) is 6.66. The first-order chi connectivity index (χ1) is 12.3. The maximum atomic E-state index is 12.6. The maximum Gasteiger partial charge on any atom is 0.255 e. The van der Waals surface area contributed by atoms with Gasteiger partial charge in [0, 0.05) is 36.6 Å². The molecule has 3 N–H and O–H groups in total. The lowest BCUT2D eigenvalue weighted by Crippen LogP contribution is -2.39. The molecule has 0 spiro atoms. The Morgan fingerprint density at radius 3 is 2.46 bits per heavy atom. The van der Waals surface area contributed by atoms with Gasteiger partial charge in [-0.2, -0.15) is 0 Å². The largest absolute Gasteiger partial charge is 0.399 e. The van der Waals surface area contributed by atoms with Crippen molar-refractivity contribution in [1.29, 1.82) is 0 Å². The van der Waals surface area contributed by atoms with E-state index in [9.17, 15) is 13.2 Å². The van der Waals surface area contributed by atoms with Crippen LogP contribution in [0.15, 0.2) is 42.5 Å². The highest BCUT2D eigenvalue weighted by Gasteiger charge is 2.21. The molecule has 3 rings (SSSR count). The molecule has 2 aromatic rings. The third-order valence-electron chi connectivity index (χ3n) is 4.54. The third-order valence-corrected chi connectivity index (χ3v) is 6.15. The lowest BCUT2D eigenvalue weighted by molar-refractivity contribution is 0.102. The number of benzene rings is 2. The highest BCUT2D eigenvalue weighted by molar-refractivity contribution is 7.91. The van der Waals surface area contributed by atoms with Gasteiger partial charge in [0.2, 0.25) is 0 Å². The number of amides is 1. The minimum atomic E-state index is -2.89. The smallest absolute Gasteiger partial charge is 0.255 e. The van der Waals surface area contributed by atoms with Crippen molar-refractivity contribution in [3.8, 4) is 0 Å². The molecule has 9 heteroatoms. The summed E-state index contributed by atoms with van der Waals surface area (Å²) >= 11 is 0. The number of hydrogen-bond donors (Lipinski definition) is 2. The molecule has 0 atom stereocenters. The molecule has 0 bridgehead atoms. The fraction of sp³-hybridized carbons (Fsp3) is 0.316. The summed E-state index contributed by atoms with van der Waals surface area (Å²) < 4.78 is 23.1. The van der Waals surface area contributed by atoms with Crippen LogP contribution in [0.3, 0.4) is 0 Å². The van der Waals surface area contributed by atoms with Gasteiger partial charge in [-0.3, -0.25) is 9.69 Å². The van der Waals surface area contributed by atoms with E-state index in [0.717, 1.165) is 11.1 Å². The molecule has 1 aliphatic rings. The highest BCUT2D eigenvalue weighted by Crippen LogP contribution is 2.19. The van der Waals surface area contributed by atoms with Crippen LogP contribution in [0, 0.1) is 6.92 Å². The Morgan fingerprint density at radius 1 is 1.11 bits per heavy atom. The molecule has 1 heterocycles. The molecule has 1 aliphatic heterocycles. The van der Waals surface area contributed by atoms with Crippen molar-refractivity contribution >= 4 is 51.9 Å². The molecule has 1 saturated heterocycles. The molecule has 0 aliphatic carbocycles. The Labute approximate surface area is 178 Å². The summed E-state index contributed by atoms with van der Waals surface area (Å²) in [5, 5.41) is 2.90. The van der Waals surface area contributed by atoms with Crippen molar-refractivity contribution in [2.24, 2.45) is 0 Å². The second kappa shape index (κ2) is 10.1. The fourth-order valence-corrected chi connectivity index (χ4v) is 4.22. The van der Waals surface area contributed by atoms with Gasteiger partial charge < -0.3 is 11.1 Å². The molecule has 2 aromatic carbocycles. The Kier molecular flexibility index (Phi) is 8.75. The predicted molar refractivity (Wildman–Crippen MR) is 118 cm³/mol. The zero-order valence-corrected chi connectivity index (χ0v) is 18.0. The number of sulfone groups is 1. The topological polar surface area (TPSA) is 92.5 Å². The summed E-state index contributed by atoms with van der Waals surface area (Å²) in [5.41, 5.74) is 9.58. The van der Waals surface area contributed by atoms with Crippen LogP contribution in [-0.4, -0.2) is 43.8 Å². The summed E-state index contributed by atoms with van der Waals surface area (Å²) in [6.07, 6.45) is 0. The first-order valence-electron chi connectivity index (χ1n) is 8.52. The van der Waals surface area contributed by atoms with Gasteiger partial charge in [-0.05, 0) is 42.3 Å². The van der Waals surface area contributed by atoms with Crippen molar-refractivity contribution in [3.63, 3.8) is 0 Å². The SMILES string of the molecule is Cc1ccc(N)cc1NC(=O)c1cccc(CN2CCS(=O)(=O)CC2)c1.Cl.Cl. The summed E-state index contributed by atoms with van der Waals surface area (Å²) in [7, 11) is -2.89. The molecule has 0 aromatic heterocycles. The monoisotopic (exact) mass is 445 g/mol. The molecular weight excluding hydrogens is 421 g/mol. The molecule has 0 unspecified atom stereocenters. The van der Waals surface area contributed by atoms with Gasteiger partial charge in [0.15, 0.2) is 9.84 Å². The van der Waals surface area contributed by atoms with Crippen LogP contribution in [0.4, 0.5) is 11.4 Å². The number of carbonyl (C=O) groups is 1. The lowest BCUT2D eigenvalue weighted by Gasteiger charge is -2.26. The molecule has 0 radical (unpaired) electrons. The molecule has 28 heavy (non-hydrogen) atoms. The number of halogens is 2. The average Bonchev–Trinajstić information content (AvgIpc) is 2.60. The lowest BCUT2D eigenvalue weighted by atomic mass is 10.1. The minimum Gasteiger partial charge on any atom is -0.399 e. The van der Waals surface area contributed by atoms with Gasteiger partial charge in [0.05, 0.1) is 11.5 Å². The van der Waals surface area contributed by atoms with Crippen LogP contribution < -0.4 is 11.1 Å². The number of aryl methyl sites for hydroxylation is 1. The predicted octanol–water partition coefficient (Wildman–Crippen LogP) is 2.90. The van der Waals surface area contributed by atoms with E-state index in [2.05, 4.69) is 10.2 Å². The van der Waals surface area contributed by atoms with Gasteiger partial charge in [-0.1, -0.05) is 18.2 Å². The summed E-state index contributed by atoms with van der Waals surface area (Å²) in [5.74, 6) is 0.200. The second-order valence-corrected chi connectivity index (χ2v) is 8.96. The Balaban J connectivity index is 0.00000196. The van der Waals surface area contributed by atoms with E-state index in [1.807, 2.05) is 31.2 Å². The van der Waals surface area contributed by atoms with Gasteiger partial charge in [-0.15, -0.1) is 24.8 Å². The van der Waals surface area contributed by atoms with Crippen molar-refractivity contribution in [1.82, 2.24) is 4.90 Å². The fourth-order valence-electron chi connectivity index (χ4n) is 2.95. The van der Waals surface area contributed by atoms with Crippen molar-refractivity contribution in [3.05, 3.63) is 59.2 Å². The number of nitrogens with zero attached hydrogens (tertiary/aromatic N) is 1. The summed E-state index contributed by atoms with van der Waals surface area (Å²) in [6.45, 7) is 3.60. The zero-order chi connectivity index (χ0) is 18.7. The number of nitrogens with two attached hydrogens (primary N) is 1. The molecule has 1 amide bonds. The quantitative estimate of drug-likeness (QED) is 0.705.